The average molecular weight is 610 g/mol. The number of benzene rings is 2. The van der Waals surface area contributed by atoms with Crippen molar-refractivity contribution in [2.75, 3.05) is 18.4 Å². The van der Waals surface area contributed by atoms with E-state index in [2.05, 4.69) is 15.6 Å². The van der Waals surface area contributed by atoms with Gasteiger partial charge in [-0.2, -0.15) is 0 Å². The van der Waals surface area contributed by atoms with E-state index in [0.717, 1.165) is 4.90 Å². The van der Waals surface area contributed by atoms with Crippen molar-refractivity contribution in [2.24, 2.45) is 0 Å². The Balaban J connectivity index is 1.08. The fourth-order valence-electron chi connectivity index (χ4n) is 5.60. The third kappa shape index (κ3) is 5.14. The molecule has 1 atom stereocenters. The van der Waals surface area contributed by atoms with E-state index in [1.807, 2.05) is 0 Å². The summed E-state index contributed by atoms with van der Waals surface area (Å²) in [6.07, 6.45) is 3.09. The van der Waals surface area contributed by atoms with Gasteiger partial charge in [-0.15, -0.1) is 0 Å². The van der Waals surface area contributed by atoms with Gasteiger partial charge in [-0.25, -0.2) is 4.98 Å². The molecule has 6 rings (SSSR count). The molecule has 2 saturated heterocycles. The molecule has 0 saturated carbocycles. The van der Waals surface area contributed by atoms with Gasteiger partial charge in [0.15, 0.2) is 5.89 Å². The second kappa shape index (κ2) is 11.2. The number of hydrogen-bond donors (Lipinski definition) is 2. The number of piperidine rings is 2. The van der Waals surface area contributed by atoms with E-state index >= 15 is 0 Å². The summed E-state index contributed by atoms with van der Waals surface area (Å²) in [5.74, 6) is -1.26. The zero-order chi connectivity index (χ0) is 29.5. The number of carbonyl (C=O) groups is 5. The maximum atomic E-state index is 13.3. The standard InChI is InChI=1S/C29H25Cl2N5O6/c30-16-4-5-18(20(31)12-16)27(39)35-10-8-15(9-11-35)26-33-14-17(42-26)13-32-21-3-1-2-19-24(21)29(41)36(28(19)40)22-6-7-23(37)34-25(22)38/h1-5,12,14-15,22,32H,6-11,13H2,(H,34,37,38). The highest BCUT2D eigenvalue weighted by atomic mass is 35.5. The van der Waals surface area contributed by atoms with Crippen molar-refractivity contribution in [3.05, 3.63) is 81.0 Å². The number of nitrogens with one attached hydrogen (secondary N) is 2. The van der Waals surface area contributed by atoms with Crippen molar-refractivity contribution >= 4 is 58.4 Å². The number of fused-ring (bicyclic) bond motifs is 1. The summed E-state index contributed by atoms with van der Waals surface area (Å²) in [5, 5.41) is 6.14. The van der Waals surface area contributed by atoms with Gasteiger partial charge in [-0.05, 0) is 49.6 Å². The first-order valence-electron chi connectivity index (χ1n) is 13.5. The topological polar surface area (TPSA) is 142 Å². The Bertz CT molecular complexity index is 1630. The van der Waals surface area contributed by atoms with Crippen molar-refractivity contribution in [3.63, 3.8) is 0 Å². The lowest BCUT2D eigenvalue weighted by atomic mass is 9.96. The van der Waals surface area contributed by atoms with E-state index in [0.29, 0.717) is 58.9 Å². The molecule has 11 nitrogen and oxygen atoms in total. The summed E-state index contributed by atoms with van der Waals surface area (Å²) in [6.45, 7) is 1.25. The Morgan fingerprint density at radius 3 is 2.57 bits per heavy atom. The molecule has 13 heteroatoms. The number of hydrogen-bond acceptors (Lipinski definition) is 8. The number of carbonyl (C=O) groups excluding carboxylic acids is 5. The van der Waals surface area contributed by atoms with E-state index in [-0.39, 0.29) is 42.3 Å². The minimum Gasteiger partial charge on any atom is -0.444 e. The summed E-state index contributed by atoms with van der Waals surface area (Å²) in [4.78, 5) is 70.3. The second-order valence-electron chi connectivity index (χ2n) is 10.4. The molecule has 0 aliphatic carbocycles. The highest BCUT2D eigenvalue weighted by molar-refractivity contribution is 6.36. The lowest BCUT2D eigenvalue weighted by Gasteiger charge is -2.31. The smallest absolute Gasteiger partial charge is 0.264 e. The molecule has 3 aliphatic rings. The van der Waals surface area contributed by atoms with Crippen molar-refractivity contribution in [3.8, 4) is 0 Å². The van der Waals surface area contributed by atoms with Crippen molar-refractivity contribution in [1.82, 2.24) is 20.1 Å². The summed E-state index contributed by atoms with van der Waals surface area (Å²) in [5.41, 5.74) is 1.20. The molecule has 1 unspecified atom stereocenters. The van der Waals surface area contributed by atoms with Crippen LogP contribution in [0.5, 0.6) is 0 Å². The van der Waals surface area contributed by atoms with Crippen LogP contribution < -0.4 is 10.6 Å². The molecule has 5 amide bonds. The van der Waals surface area contributed by atoms with Crippen LogP contribution in [0.15, 0.2) is 47.0 Å². The number of amides is 5. The number of nitrogens with zero attached hydrogens (tertiary/aromatic N) is 3. The van der Waals surface area contributed by atoms with Gasteiger partial charge in [0, 0.05) is 36.1 Å². The molecule has 0 spiro atoms. The Labute approximate surface area is 250 Å². The van der Waals surface area contributed by atoms with Gasteiger partial charge in [-0.1, -0.05) is 29.3 Å². The lowest BCUT2D eigenvalue weighted by molar-refractivity contribution is -0.136. The Morgan fingerprint density at radius 1 is 1.05 bits per heavy atom. The van der Waals surface area contributed by atoms with Crippen LogP contribution in [0.4, 0.5) is 5.69 Å². The van der Waals surface area contributed by atoms with Gasteiger partial charge in [0.1, 0.15) is 11.8 Å². The van der Waals surface area contributed by atoms with E-state index in [1.54, 1.807) is 41.4 Å². The van der Waals surface area contributed by atoms with E-state index in [4.69, 9.17) is 27.6 Å². The number of imide groups is 2. The first-order valence-corrected chi connectivity index (χ1v) is 14.2. The molecule has 0 bridgehead atoms. The molecule has 42 heavy (non-hydrogen) atoms. The number of halogens is 2. The van der Waals surface area contributed by atoms with E-state index < -0.39 is 29.7 Å². The SMILES string of the molecule is O=C1CCC(N2C(=O)c3cccc(NCc4cnc(C5CCN(C(=O)c6ccc(Cl)cc6Cl)CC5)o4)c3C2=O)C(=O)N1. The largest absolute Gasteiger partial charge is 0.444 e. The van der Waals surface area contributed by atoms with Gasteiger partial charge in [0.2, 0.25) is 11.8 Å². The minimum absolute atomic E-state index is 0.0331. The first-order chi connectivity index (χ1) is 20.2. The molecule has 2 fully saturated rings. The molecule has 1 aromatic heterocycles. The molecule has 2 N–H and O–H groups in total. The quantitative estimate of drug-likeness (QED) is 0.399. The third-order valence-electron chi connectivity index (χ3n) is 7.79. The second-order valence-corrected chi connectivity index (χ2v) is 11.2. The van der Waals surface area contributed by atoms with Gasteiger partial charge in [0.05, 0.1) is 34.5 Å². The Hall–Kier alpha value is -4.22. The number of likely N-dealkylation sites (tertiary alicyclic amines) is 1. The van der Waals surface area contributed by atoms with Crippen LogP contribution in [0, 0.1) is 0 Å². The molecule has 2 aromatic carbocycles. The molecule has 3 aromatic rings. The first kappa shape index (κ1) is 27.9. The van der Waals surface area contributed by atoms with Crippen molar-refractivity contribution in [1.29, 1.82) is 0 Å². The maximum absolute atomic E-state index is 13.3. The minimum atomic E-state index is -1.04. The van der Waals surface area contributed by atoms with Gasteiger partial charge < -0.3 is 14.6 Å². The molecule has 216 valence electrons. The third-order valence-corrected chi connectivity index (χ3v) is 8.33. The van der Waals surface area contributed by atoms with Crippen molar-refractivity contribution in [2.45, 2.75) is 44.2 Å². The lowest BCUT2D eigenvalue weighted by Crippen LogP contribution is -2.54. The molecular weight excluding hydrogens is 585 g/mol. The average Bonchev–Trinajstić information content (AvgIpc) is 3.55. The number of aromatic nitrogens is 1. The number of oxazole rings is 1. The van der Waals surface area contributed by atoms with Gasteiger partial charge in [0.25, 0.3) is 17.7 Å². The van der Waals surface area contributed by atoms with Crippen LogP contribution >= 0.6 is 23.2 Å². The number of rotatable bonds is 6. The highest BCUT2D eigenvalue weighted by Gasteiger charge is 2.45. The van der Waals surface area contributed by atoms with Crippen LogP contribution in [0.1, 0.15) is 74.3 Å². The van der Waals surface area contributed by atoms with Crippen LogP contribution in [-0.2, 0) is 16.1 Å². The summed E-state index contributed by atoms with van der Waals surface area (Å²) >= 11 is 12.2. The van der Waals surface area contributed by atoms with Gasteiger partial charge in [-0.3, -0.25) is 34.2 Å². The summed E-state index contributed by atoms with van der Waals surface area (Å²) in [7, 11) is 0. The van der Waals surface area contributed by atoms with Crippen LogP contribution in [-0.4, -0.2) is 63.5 Å². The monoisotopic (exact) mass is 609 g/mol. The molecule has 3 aliphatic heterocycles. The molecule has 0 radical (unpaired) electrons. The normalized spacial score (nSPS) is 19.2. The zero-order valence-electron chi connectivity index (χ0n) is 22.2. The van der Waals surface area contributed by atoms with Crippen LogP contribution in [0.3, 0.4) is 0 Å². The van der Waals surface area contributed by atoms with E-state index in [9.17, 15) is 24.0 Å². The maximum Gasteiger partial charge on any atom is 0.264 e. The zero-order valence-corrected chi connectivity index (χ0v) is 23.7. The predicted molar refractivity (Wildman–Crippen MR) is 151 cm³/mol. The van der Waals surface area contributed by atoms with Crippen LogP contribution in [0.2, 0.25) is 10.0 Å². The number of anilines is 1. The van der Waals surface area contributed by atoms with Crippen molar-refractivity contribution < 1.29 is 28.4 Å². The fraction of sp³-hybridized carbons (Fsp3) is 0.310. The molecule has 4 heterocycles. The molecular formula is C29H25Cl2N5O6. The summed E-state index contributed by atoms with van der Waals surface area (Å²) < 4.78 is 6.01. The van der Waals surface area contributed by atoms with E-state index in [1.165, 1.54) is 6.07 Å². The van der Waals surface area contributed by atoms with Gasteiger partial charge >= 0.3 is 0 Å². The van der Waals surface area contributed by atoms with Crippen LogP contribution in [0.25, 0.3) is 0 Å². The highest BCUT2D eigenvalue weighted by Crippen LogP contribution is 2.33. The Kier molecular flexibility index (Phi) is 7.46. The predicted octanol–water partition coefficient (Wildman–Crippen LogP) is 4.01. The fourth-order valence-corrected chi connectivity index (χ4v) is 6.09. The Morgan fingerprint density at radius 2 is 1.83 bits per heavy atom. The summed E-state index contributed by atoms with van der Waals surface area (Å²) in [6, 6.07) is 8.65.